The van der Waals surface area contributed by atoms with E-state index in [9.17, 15) is 4.79 Å². The molecule has 1 aliphatic rings. The zero-order valence-electron chi connectivity index (χ0n) is 8.50. The molecule has 1 aromatic carbocycles. The standard InChI is InChI=1S/C10H9Cl2N3O/c1-14-5-9(13)15(10(14)16)6-2-3-7(11)8(12)4-6/h2-4,13H,5H2,1H3. The van der Waals surface area contributed by atoms with Crippen molar-refractivity contribution in [3.05, 3.63) is 28.2 Å². The van der Waals surface area contributed by atoms with Crippen molar-refractivity contribution in [1.82, 2.24) is 4.90 Å². The van der Waals surface area contributed by atoms with Crippen LogP contribution in [0.5, 0.6) is 0 Å². The minimum atomic E-state index is -0.233. The molecule has 84 valence electrons. The monoisotopic (exact) mass is 257 g/mol. The van der Waals surface area contributed by atoms with Gasteiger partial charge in [-0.15, -0.1) is 0 Å². The largest absolute Gasteiger partial charge is 0.330 e. The van der Waals surface area contributed by atoms with Gasteiger partial charge in [0.1, 0.15) is 5.84 Å². The van der Waals surface area contributed by atoms with Crippen LogP contribution in [0.2, 0.25) is 10.0 Å². The van der Waals surface area contributed by atoms with E-state index in [-0.39, 0.29) is 11.9 Å². The molecule has 0 bridgehead atoms. The van der Waals surface area contributed by atoms with Gasteiger partial charge in [-0.2, -0.15) is 0 Å². The molecule has 0 saturated carbocycles. The van der Waals surface area contributed by atoms with Crippen LogP contribution in [0.15, 0.2) is 18.2 Å². The number of rotatable bonds is 1. The van der Waals surface area contributed by atoms with Gasteiger partial charge in [0.15, 0.2) is 0 Å². The molecule has 0 aromatic heterocycles. The van der Waals surface area contributed by atoms with E-state index in [4.69, 9.17) is 28.6 Å². The Morgan fingerprint density at radius 1 is 1.31 bits per heavy atom. The van der Waals surface area contributed by atoms with E-state index in [1.54, 1.807) is 25.2 Å². The molecule has 4 nitrogen and oxygen atoms in total. The van der Waals surface area contributed by atoms with Crippen LogP contribution in [0, 0.1) is 5.41 Å². The molecular weight excluding hydrogens is 249 g/mol. The third-order valence-corrected chi connectivity index (χ3v) is 3.08. The fraction of sp³-hybridized carbons (Fsp3) is 0.200. The SMILES string of the molecule is CN1CC(=N)N(c2ccc(Cl)c(Cl)c2)C1=O. The maximum Gasteiger partial charge on any atom is 0.330 e. The highest BCUT2D eigenvalue weighted by molar-refractivity contribution is 6.42. The fourth-order valence-corrected chi connectivity index (χ4v) is 1.83. The van der Waals surface area contributed by atoms with Crippen LogP contribution < -0.4 is 4.90 Å². The number of anilines is 1. The fourth-order valence-electron chi connectivity index (χ4n) is 1.54. The van der Waals surface area contributed by atoms with Crippen LogP contribution in [0.3, 0.4) is 0 Å². The van der Waals surface area contributed by atoms with Crippen LogP contribution in [0.4, 0.5) is 10.5 Å². The number of hydrogen-bond acceptors (Lipinski definition) is 2. The van der Waals surface area contributed by atoms with Gasteiger partial charge in [-0.1, -0.05) is 23.2 Å². The number of amides is 2. The average Bonchev–Trinajstić information content (AvgIpc) is 2.47. The molecule has 1 heterocycles. The van der Waals surface area contributed by atoms with E-state index in [1.807, 2.05) is 0 Å². The lowest BCUT2D eigenvalue weighted by atomic mass is 10.3. The Morgan fingerprint density at radius 2 is 2.00 bits per heavy atom. The van der Waals surface area contributed by atoms with Crippen LogP contribution >= 0.6 is 23.2 Å². The molecule has 0 atom stereocenters. The van der Waals surface area contributed by atoms with Crippen molar-refractivity contribution in [2.45, 2.75) is 0 Å². The average molecular weight is 258 g/mol. The van der Waals surface area contributed by atoms with Gasteiger partial charge in [0.25, 0.3) is 0 Å². The molecule has 0 radical (unpaired) electrons. The van der Waals surface area contributed by atoms with Crippen molar-refractivity contribution < 1.29 is 4.79 Å². The third kappa shape index (κ3) is 1.74. The van der Waals surface area contributed by atoms with Gasteiger partial charge in [-0.25, -0.2) is 9.69 Å². The predicted molar refractivity (Wildman–Crippen MR) is 64.7 cm³/mol. The third-order valence-electron chi connectivity index (χ3n) is 2.34. The van der Waals surface area contributed by atoms with E-state index in [0.29, 0.717) is 22.3 Å². The number of hydrogen-bond donors (Lipinski definition) is 1. The minimum absolute atomic E-state index is 0.228. The number of carbonyl (C=O) groups is 1. The van der Waals surface area contributed by atoms with Crippen LogP contribution in [0.1, 0.15) is 0 Å². The lowest BCUT2D eigenvalue weighted by molar-refractivity contribution is 0.229. The molecular formula is C10H9Cl2N3O. The number of amidine groups is 1. The zero-order valence-corrected chi connectivity index (χ0v) is 10.0. The molecule has 1 fully saturated rings. The van der Waals surface area contributed by atoms with Gasteiger partial charge >= 0.3 is 6.03 Å². The Kier molecular flexibility index (Phi) is 2.78. The molecule has 1 aromatic rings. The Labute approximate surface area is 103 Å². The molecule has 0 spiro atoms. The van der Waals surface area contributed by atoms with Gasteiger partial charge < -0.3 is 4.90 Å². The number of nitrogens with one attached hydrogen (secondary N) is 1. The molecule has 0 unspecified atom stereocenters. The molecule has 6 heteroatoms. The first-order valence-electron chi connectivity index (χ1n) is 4.58. The van der Waals surface area contributed by atoms with E-state index in [1.165, 1.54) is 9.80 Å². The smallest absolute Gasteiger partial charge is 0.320 e. The summed E-state index contributed by atoms with van der Waals surface area (Å²) in [5, 5.41) is 8.51. The van der Waals surface area contributed by atoms with E-state index >= 15 is 0 Å². The van der Waals surface area contributed by atoms with Gasteiger partial charge in [0, 0.05) is 7.05 Å². The van der Waals surface area contributed by atoms with E-state index in [2.05, 4.69) is 0 Å². The van der Waals surface area contributed by atoms with Crippen molar-refractivity contribution in [3.8, 4) is 0 Å². The Morgan fingerprint density at radius 3 is 2.50 bits per heavy atom. The Balaban J connectivity index is 2.41. The van der Waals surface area contributed by atoms with Gasteiger partial charge in [0.05, 0.1) is 22.3 Å². The molecule has 0 aliphatic carbocycles. The maximum atomic E-state index is 11.7. The lowest BCUT2D eigenvalue weighted by Gasteiger charge is -2.15. The first kappa shape index (κ1) is 11.2. The summed E-state index contributed by atoms with van der Waals surface area (Å²) >= 11 is 11.7. The Hall–Kier alpha value is -1.26. The van der Waals surface area contributed by atoms with Gasteiger partial charge in [0.2, 0.25) is 0 Å². The Bertz CT molecular complexity index is 475. The summed E-state index contributed by atoms with van der Waals surface area (Å²) in [5.74, 6) is 0.228. The number of halogens is 2. The van der Waals surface area contributed by atoms with Crippen molar-refractivity contribution in [3.63, 3.8) is 0 Å². The molecule has 2 rings (SSSR count). The summed E-state index contributed by atoms with van der Waals surface area (Å²) in [6.45, 7) is 0.305. The molecule has 2 amide bonds. The lowest BCUT2D eigenvalue weighted by Crippen LogP contribution is -2.31. The molecule has 1 saturated heterocycles. The van der Waals surface area contributed by atoms with Crippen molar-refractivity contribution >= 4 is 40.8 Å². The highest BCUT2D eigenvalue weighted by Gasteiger charge is 2.32. The zero-order chi connectivity index (χ0) is 11.9. The quantitative estimate of drug-likeness (QED) is 0.827. The van der Waals surface area contributed by atoms with Gasteiger partial charge in [-0.3, -0.25) is 5.41 Å². The topological polar surface area (TPSA) is 47.4 Å². The van der Waals surface area contributed by atoms with Crippen molar-refractivity contribution in [2.75, 3.05) is 18.5 Å². The minimum Gasteiger partial charge on any atom is -0.320 e. The highest BCUT2D eigenvalue weighted by atomic mass is 35.5. The first-order valence-corrected chi connectivity index (χ1v) is 5.34. The van der Waals surface area contributed by atoms with Crippen molar-refractivity contribution in [2.24, 2.45) is 0 Å². The summed E-state index contributed by atoms with van der Waals surface area (Å²) in [6.07, 6.45) is 0. The highest BCUT2D eigenvalue weighted by Crippen LogP contribution is 2.29. The maximum absolute atomic E-state index is 11.7. The molecule has 1 N–H and O–H groups in total. The number of nitrogens with zero attached hydrogens (tertiary/aromatic N) is 2. The second-order valence-electron chi connectivity index (χ2n) is 3.52. The number of likely N-dealkylation sites (N-methyl/N-ethyl adjacent to an activating group) is 1. The summed E-state index contributed by atoms with van der Waals surface area (Å²) in [6, 6.07) is 4.62. The first-order chi connectivity index (χ1) is 7.50. The van der Waals surface area contributed by atoms with Gasteiger partial charge in [-0.05, 0) is 18.2 Å². The van der Waals surface area contributed by atoms with E-state index < -0.39 is 0 Å². The summed E-state index contributed by atoms with van der Waals surface area (Å²) in [7, 11) is 1.65. The number of carbonyl (C=O) groups excluding carboxylic acids is 1. The summed E-state index contributed by atoms with van der Waals surface area (Å²) < 4.78 is 0. The predicted octanol–water partition coefficient (Wildman–Crippen LogP) is 2.84. The second-order valence-corrected chi connectivity index (χ2v) is 4.33. The second kappa shape index (κ2) is 3.96. The number of benzene rings is 1. The van der Waals surface area contributed by atoms with Crippen LogP contribution in [-0.4, -0.2) is 30.4 Å². The van der Waals surface area contributed by atoms with Crippen LogP contribution in [-0.2, 0) is 0 Å². The van der Waals surface area contributed by atoms with E-state index in [0.717, 1.165) is 0 Å². The summed E-state index contributed by atoms with van der Waals surface area (Å²) in [5.41, 5.74) is 0.564. The number of urea groups is 1. The van der Waals surface area contributed by atoms with Crippen LogP contribution in [0.25, 0.3) is 0 Å². The molecule has 1 aliphatic heterocycles. The summed E-state index contributed by atoms with van der Waals surface area (Å²) in [4.78, 5) is 14.5. The normalized spacial score (nSPS) is 16.2. The molecule has 16 heavy (non-hydrogen) atoms. The van der Waals surface area contributed by atoms with Crippen molar-refractivity contribution in [1.29, 1.82) is 5.41 Å².